The Labute approximate surface area is 194 Å². The number of hydrogen-bond donors (Lipinski definition) is 1. The standard InChI is InChI=1S/C22H21ClFN7O2/c1-5-33-22(32)18-12(2)28-31(13(18)3)17-10-16(25-11-26-17)27-21-19(23)20(30(4)29-21)14-6-8-15(24)9-7-14/h6-11H,5H2,1-4H3,(H,25,26,27,29). The van der Waals surface area contributed by atoms with Gasteiger partial charge in [0.25, 0.3) is 0 Å². The van der Waals surface area contributed by atoms with E-state index in [-0.39, 0.29) is 12.4 Å². The molecule has 0 fully saturated rings. The van der Waals surface area contributed by atoms with Crippen LogP contribution >= 0.6 is 11.6 Å². The molecule has 4 aromatic rings. The van der Waals surface area contributed by atoms with Crippen LogP contribution in [0, 0.1) is 19.7 Å². The third-order valence-corrected chi connectivity index (χ3v) is 5.35. The molecular formula is C22H21ClFN7O2. The van der Waals surface area contributed by atoms with Crippen LogP contribution in [-0.2, 0) is 11.8 Å². The number of benzene rings is 1. The molecule has 0 unspecified atom stereocenters. The maximum Gasteiger partial charge on any atom is 0.341 e. The Hall–Kier alpha value is -3.79. The molecule has 9 nitrogen and oxygen atoms in total. The monoisotopic (exact) mass is 469 g/mol. The zero-order chi connectivity index (χ0) is 23.7. The predicted octanol–water partition coefficient (Wildman–Crippen LogP) is 4.39. The van der Waals surface area contributed by atoms with E-state index in [1.807, 2.05) is 0 Å². The van der Waals surface area contributed by atoms with Crippen molar-refractivity contribution in [2.24, 2.45) is 7.05 Å². The smallest absolute Gasteiger partial charge is 0.341 e. The number of nitrogens with one attached hydrogen (secondary N) is 1. The van der Waals surface area contributed by atoms with E-state index in [0.29, 0.717) is 45.1 Å². The zero-order valence-corrected chi connectivity index (χ0v) is 19.2. The van der Waals surface area contributed by atoms with Gasteiger partial charge in [0.1, 0.15) is 28.5 Å². The molecular weight excluding hydrogens is 449 g/mol. The lowest BCUT2D eigenvalue weighted by molar-refractivity contribution is 0.0524. The van der Waals surface area contributed by atoms with Crippen LogP contribution in [0.1, 0.15) is 28.7 Å². The number of aromatic nitrogens is 6. The van der Waals surface area contributed by atoms with Crippen molar-refractivity contribution in [3.8, 4) is 17.1 Å². The number of aryl methyl sites for hydroxylation is 2. The third-order valence-electron chi connectivity index (χ3n) is 4.99. The summed E-state index contributed by atoms with van der Waals surface area (Å²) in [5, 5.41) is 12.3. The molecule has 11 heteroatoms. The minimum Gasteiger partial charge on any atom is -0.462 e. The second kappa shape index (κ2) is 8.99. The van der Waals surface area contributed by atoms with Crippen molar-refractivity contribution in [3.63, 3.8) is 0 Å². The van der Waals surface area contributed by atoms with E-state index in [9.17, 15) is 9.18 Å². The highest BCUT2D eigenvalue weighted by atomic mass is 35.5. The molecule has 0 bridgehead atoms. The van der Waals surface area contributed by atoms with E-state index >= 15 is 0 Å². The summed E-state index contributed by atoms with van der Waals surface area (Å²) in [7, 11) is 1.74. The molecule has 0 aliphatic carbocycles. The highest BCUT2D eigenvalue weighted by molar-refractivity contribution is 6.35. The van der Waals surface area contributed by atoms with Crippen LogP contribution in [0.15, 0.2) is 36.7 Å². The highest BCUT2D eigenvalue weighted by Gasteiger charge is 2.22. The summed E-state index contributed by atoms with van der Waals surface area (Å²) in [5.41, 5.74) is 2.90. The largest absolute Gasteiger partial charge is 0.462 e. The molecule has 0 aliphatic rings. The van der Waals surface area contributed by atoms with Gasteiger partial charge in [0.15, 0.2) is 11.6 Å². The number of anilines is 2. The zero-order valence-electron chi connectivity index (χ0n) is 18.4. The number of esters is 1. The Kier molecular flexibility index (Phi) is 6.10. The summed E-state index contributed by atoms with van der Waals surface area (Å²) in [6.45, 7) is 5.53. The van der Waals surface area contributed by atoms with Gasteiger partial charge in [-0.2, -0.15) is 10.2 Å². The number of rotatable bonds is 6. The van der Waals surface area contributed by atoms with Gasteiger partial charge in [-0.05, 0) is 45.0 Å². The summed E-state index contributed by atoms with van der Waals surface area (Å²) in [6.07, 6.45) is 1.37. The van der Waals surface area contributed by atoms with Gasteiger partial charge >= 0.3 is 5.97 Å². The third kappa shape index (κ3) is 4.29. The lowest BCUT2D eigenvalue weighted by atomic mass is 10.1. The number of ether oxygens (including phenoxy) is 1. The fourth-order valence-electron chi connectivity index (χ4n) is 3.52. The van der Waals surface area contributed by atoms with Gasteiger partial charge in [-0.1, -0.05) is 11.6 Å². The van der Waals surface area contributed by atoms with Crippen molar-refractivity contribution in [1.29, 1.82) is 0 Å². The fourth-order valence-corrected chi connectivity index (χ4v) is 3.83. The number of carbonyl (C=O) groups is 1. The van der Waals surface area contributed by atoms with Gasteiger partial charge in [-0.15, -0.1) is 0 Å². The molecule has 0 saturated carbocycles. The Morgan fingerprint density at radius 3 is 2.61 bits per heavy atom. The van der Waals surface area contributed by atoms with E-state index in [1.165, 1.54) is 18.5 Å². The first-order valence-corrected chi connectivity index (χ1v) is 10.5. The molecule has 4 rings (SSSR count). The average Bonchev–Trinajstić information content (AvgIpc) is 3.23. The molecule has 0 saturated heterocycles. The van der Waals surface area contributed by atoms with E-state index in [1.54, 1.807) is 55.4 Å². The van der Waals surface area contributed by atoms with Gasteiger partial charge in [0.05, 0.1) is 23.7 Å². The quantitative estimate of drug-likeness (QED) is 0.418. The summed E-state index contributed by atoms with van der Waals surface area (Å²) < 4.78 is 21.6. The van der Waals surface area contributed by atoms with E-state index in [4.69, 9.17) is 16.3 Å². The molecule has 0 radical (unpaired) electrons. The topological polar surface area (TPSA) is 99.8 Å². The van der Waals surface area contributed by atoms with Crippen LogP contribution < -0.4 is 5.32 Å². The van der Waals surface area contributed by atoms with Crippen LogP contribution in [0.3, 0.4) is 0 Å². The van der Waals surface area contributed by atoms with Gasteiger partial charge in [0, 0.05) is 18.7 Å². The number of carbonyl (C=O) groups excluding carboxylic acids is 1. The Morgan fingerprint density at radius 2 is 1.91 bits per heavy atom. The van der Waals surface area contributed by atoms with Crippen LogP contribution in [-0.4, -0.2) is 42.1 Å². The molecule has 0 amide bonds. The Morgan fingerprint density at radius 1 is 1.18 bits per heavy atom. The first-order valence-electron chi connectivity index (χ1n) is 10.1. The first-order chi connectivity index (χ1) is 15.8. The molecule has 1 aromatic carbocycles. The molecule has 0 atom stereocenters. The molecule has 0 aliphatic heterocycles. The molecule has 3 heterocycles. The van der Waals surface area contributed by atoms with Crippen molar-refractivity contribution in [1.82, 2.24) is 29.5 Å². The first kappa shape index (κ1) is 22.4. The maximum atomic E-state index is 13.3. The molecule has 170 valence electrons. The van der Waals surface area contributed by atoms with Crippen molar-refractivity contribution < 1.29 is 13.9 Å². The van der Waals surface area contributed by atoms with Gasteiger partial charge in [-0.25, -0.2) is 23.8 Å². The van der Waals surface area contributed by atoms with Crippen molar-refractivity contribution in [2.75, 3.05) is 11.9 Å². The number of nitrogens with zero attached hydrogens (tertiary/aromatic N) is 6. The van der Waals surface area contributed by atoms with Gasteiger partial charge in [0.2, 0.25) is 0 Å². The highest BCUT2D eigenvalue weighted by Crippen LogP contribution is 2.34. The molecule has 3 aromatic heterocycles. The average molecular weight is 470 g/mol. The van der Waals surface area contributed by atoms with E-state index < -0.39 is 5.97 Å². The van der Waals surface area contributed by atoms with Crippen LogP contribution in [0.2, 0.25) is 5.02 Å². The molecule has 0 spiro atoms. The van der Waals surface area contributed by atoms with Gasteiger partial charge in [-0.3, -0.25) is 4.68 Å². The summed E-state index contributed by atoms with van der Waals surface area (Å²) in [4.78, 5) is 20.8. The fraction of sp³-hybridized carbons (Fsp3) is 0.227. The van der Waals surface area contributed by atoms with E-state index in [2.05, 4.69) is 25.5 Å². The van der Waals surface area contributed by atoms with Crippen molar-refractivity contribution in [2.45, 2.75) is 20.8 Å². The summed E-state index contributed by atoms with van der Waals surface area (Å²) in [5.74, 6) is 0.494. The lowest BCUT2D eigenvalue weighted by Crippen LogP contribution is -2.08. The van der Waals surface area contributed by atoms with Crippen molar-refractivity contribution in [3.05, 3.63) is 64.5 Å². The number of halogens is 2. The van der Waals surface area contributed by atoms with Crippen LogP contribution in [0.25, 0.3) is 17.1 Å². The second-order valence-electron chi connectivity index (χ2n) is 7.21. The van der Waals surface area contributed by atoms with Gasteiger partial charge < -0.3 is 10.1 Å². The number of hydrogen-bond acceptors (Lipinski definition) is 7. The maximum absolute atomic E-state index is 13.3. The Bertz CT molecular complexity index is 1330. The van der Waals surface area contributed by atoms with Crippen LogP contribution in [0.4, 0.5) is 16.0 Å². The van der Waals surface area contributed by atoms with Crippen molar-refractivity contribution >= 4 is 29.2 Å². The SMILES string of the molecule is CCOC(=O)c1c(C)nn(-c2cc(Nc3nn(C)c(-c4ccc(F)cc4)c3Cl)ncn2)c1C. The lowest BCUT2D eigenvalue weighted by Gasteiger charge is -2.07. The Balaban J connectivity index is 1.66. The van der Waals surface area contributed by atoms with Crippen LogP contribution in [0.5, 0.6) is 0 Å². The molecule has 1 N–H and O–H groups in total. The minimum absolute atomic E-state index is 0.273. The summed E-state index contributed by atoms with van der Waals surface area (Å²) >= 11 is 6.57. The molecule has 33 heavy (non-hydrogen) atoms. The summed E-state index contributed by atoms with van der Waals surface area (Å²) in [6, 6.07) is 7.66. The van der Waals surface area contributed by atoms with E-state index in [0.717, 1.165) is 5.56 Å². The predicted molar refractivity (Wildman–Crippen MR) is 121 cm³/mol. The minimum atomic E-state index is -0.431. The normalized spacial score (nSPS) is 11.0. The second-order valence-corrected chi connectivity index (χ2v) is 7.58.